The quantitative estimate of drug-likeness (QED) is 0.743. The average Bonchev–Trinajstić information content (AvgIpc) is 2.95. The van der Waals surface area contributed by atoms with Crippen LogP contribution >= 0.6 is 0 Å². The summed E-state index contributed by atoms with van der Waals surface area (Å²) in [4.78, 5) is 15.2. The number of allylic oxidation sites excluding steroid dienone is 1. The number of carbonyl (C=O) groups is 1. The van der Waals surface area contributed by atoms with Crippen LogP contribution in [0.25, 0.3) is 0 Å². The van der Waals surface area contributed by atoms with Crippen molar-refractivity contribution in [3.05, 3.63) is 22.7 Å². The second kappa shape index (κ2) is 4.03. The number of hydrogen-bond acceptors (Lipinski definition) is 5. The molecule has 5 heteroatoms. The van der Waals surface area contributed by atoms with Gasteiger partial charge in [0.2, 0.25) is 0 Å². The lowest BCUT2D eigenvalue weighted by atomic mass is 9.63. The third-order valence-electron chi connectivity index (χ3n) is 5.35. The van der Waals surface area contributed by atoms with Gasteiger partial charge in [0.25, 0.3) is 0 Å². The maximum absolute atomic E-state index is 12.9. The van der Waals surface area contributed by atoms with Gasteiger partial charge in [0, 0.05) is 35.2 Å². The van der Waals surface area contributed by atoms with Crippen LogP contribution in [0.3, 0.4) is 0 Å². The van der Waals surface area contributed by atoms with E-state index in [2.05, 4.69) is 41.3 Å². The van der Waals surface area contributed by atoms with Gasteiger partial charge in [-0.15, -0.1) is 5.11 Å². The van der Waals surface area contributed by atoms with Gasteiger partial charge in [-0.2, -0.15) is 5.11 Å². The number of likely N-dealkylation sites (tertiary alicyclic amines) is 1. The number of dihydropyridines is 1. The summed E-state index contributed by atoms with van der Waals surface area (Å²) in [6.07, 6.45) is 2.59. The second-order valence-electron chi connectivity index (χ2n) is 7.72. The van der Waals surface area contributed by atoms with Crippen molar-refractivity contribution in [3.63, 3.8) is 0 Å². The van der Waals surface area contributed by atoms with E-state index in [1.54, 1.807) is 0 Å². The molecule has 0 radical (unpaired) electrons. The van der Waals surface area contributed by atoms with Crippen LogP contribution < -0.4 is 5.32 Å². The zero-order valence-corrected chi connectivity index (χ0v) is 13.0. The predicted molar refractivity (Wildman–Crippen MR) is 79.5 cm³/mol. The standard InChI is InChI=1S/C16H22N4O/c1-15(2)6-11-13(12(21)7-15)16(4-5-20(3)9-16)10-8-17-19-14(10)18-11/h18H,4-9H2,1-3H3. The van der Waals surface area contributed by atoms with Crippen LogP contribution in [0.5, 0.6) is 0 Å². The van der Waals surface area contributed by atoms with Crippen LogP contribution in [0.2, 0.25) is 0 Å². The van der Waals surface area contributed by atoms with E-state index in [9.17, 15) is 4.79 Å². The third kappa shape index (κ3) is 1.76. The Hall–Kier alpha value is -1.49. The Morgan fingerprint density at radius 1 is 1.29 bits per heavy atom. The number of nitrogens with zero attached hydrogens (tertiary/aromatic N) is 3. The molecule has 1 fully saturated rings. The Morgan fingerprint density at radius 2 is 2.10 bits per heavy atom. The van der Waals surface area contributed by atoms with Gasteiger partial charge in [0.1, 0.15) is 0 Å². The molecule has 3 aliphatic heterocycles. The van der Waals surface area contributed by atoms with Crippen molar-refractivity contribution < 1.29 is 4.79 Å². The molecular weight excluding hydrogens is 264 g/mol. The number of carbonyl (C=O) groups excluding carboxylic acids is 1. The lowest BCUT2D eigenvalue weighted by Gasteiger charge is -2.43. The number of rotatable bonds is 0. The van der Waals surface area contributed by atoms with Gasteiger partial charge < -0.3 is 10.2 Å². The molecule has 1 spiro atoms. The molecule has 112 valence electrons. The number of hydrogen-bond donors (Lipinski definition) is 1. The highest BCUT2D eigenvalue weighted by Crippen LogP contribution is 2.53. The van der Waals surface area contributed by atoms with Crippen LogP contribution in [-0.4, -0.2) is 37.4 Å². The maximum atomic E-state index is 12.9. The molecule has 1 unspecified atom stereocenters. The van der Waals surface area contributed by atoms with E-state index in [-0.39, 0.29) is 10.8 Å². The summed E-state index contributed by atoms with van der Waals surface area (Å²) in [6, 6.07) is 0. The topological polar surface area (TPSA) is 57.1 Å². The highest BCUT2D eigenvalue weighted by molar-refractivity contribution is 6.00. The number of fused-ring (bicyclic) bond motifs is 2. The molecule has 0 aromatic heterocycles. The second-order valence-corrected chi connectivity index (χ2v) is 7.72. The normalized spacial score (nSPS) is 34.5. The van der Waals surface area contributed by atoms with Crippen molar-refractivity contribution in [3.8, 4) is 0 Å². The monoisotopic (exact) mass is 286 g/mol. The van der Waals surface area contributed by atoms with Crippen molar-refractivity contribution in [2.24, 2.45) is 21.1 Å². The molecule has 4 rings (SSSR count). The van der Waals surface area contributed by atoms with Crippen LogP contribution in [0.1, 0.15) is 33.1 Å². The van der Waals surface area contributed by atoms with Gasteiger partial charge in [-0.3, -0.25) is 4.79 Å². The first-order chi connectivity index (χ1) is 9.91. The Kier molecular flexibility index (Phi) is 2.53. The molecule has 0 aromatic rings. The van der Waals surface area contributed by atoms with Crippen molar-refractivity contribution in [2.45, 2.75) is 33.1 Å². The molecule has 1 aliphatic carbocycles. The highest BCUT2D eigenvalue weighted by Gasteiger charge is 2.53. The Bertz CT molecular complexity index is 628. The molecule has 4 aliphatic rings. The minimum absolute atomic E-state index is 0.0302. The van der Waals surface area contributed by atoms with E-state index in [4.69, 9.17) is 0 Å². The zero-order chi connectivity index (χ0) is 14.8. The van der Waals surface area contributed by atoms with Crippen LogP contribution in [0, 0.1) is 10.8 Å². The lowest BCUT2D eigenvalue weighted by molar-refractivity contribution is -0.119. The first kappa shape index (κ1) is 13.2. The van der Waals surface area contributed by atoms with E-state index in [0.29, 0.717) is 18.7 Å². The molecular formula is C16H22N4O. The molecule has 1 saturated heterocycles. The molecule has 1 atom stereocenters. The van der Waals surface area contributed by atoms with E-state index in [0.717, 1.165) is 43.0 Å². The first-order valence-corrected chi connectivity index (χ1v) is 7.75. The van der Waals surface area contributed by atoms with Gasteiger partial charge in [0.15, 0.2) is 11.6 Å². The highest BCUT2D eigenvalue weighted by atomic mass is 16.1. The minimum Gasteiger partial charge on any atom is -0.342 e. The summed E-state index contributed by atoms with van der Waals surface area (Å²) >= 11 is 0. The zero-order valence-electron chi connectivity index (χ0n) is 13.0. The summed E-state index contributed by atoms with van der Waals surface area (Å²) in [7, 11) is 2.14. The predicted octanol–water partition coefficient (Wildman–Crippen LogP) is 2.23. The fourth-order valence-corrected chi connectivity index (χ4v) is 4.52. The molecule has 21 heavy (non-hydrogen) atoms. The molecule has 1 N–H and O–H groups in total. The van der Waals surface area contributed by atoms with Crippen molar-refractivity contribution in [1.82, 2.24) is 10.2 Å². The molecule has 0 amide bonds. The van der Waals surface area contributed by atoms with Gasteiger partial charge in [-0.25, -0.2) is 0 Å². The smallest absolute Gasteiger partial charge is 0.162 e. The van der Waals surface area contributed by atoms with Crippen molar-refractivity contribution in [2.75, 3.05) is 26.7 Å². The first-order valence-electron chi connectivity index (χ1n) is 7.75. The Morgan fingerprint density at radius 3 is 2.81 bits per heavy atom. The van der Waals surface area contributed by atoms with Crippen LogP contribution in [-0.2, 0) is 4.79 Å². The van der Waals surface area contributed by atoms with Crippen molar-refractivity contribution in [1.29, 1.82) is 0 Å². The SMILES string of the molecule is CN1CCC2(C1)C1=C(N=NC1)NC1=C2C(=O)CC(C)(C)C1. The number of nitrogens with one attached hydrogen (secondary N) is 1. The van der Waals surface area contributed by atoms with Gasteiger partial charge >= 0.3 is 0 Å². The summed E-state index contributed by atoms with van der Waals surface area (Å²) in [5.74, 6) is 1.23. The number of Topliss-reactive ketones (excluding diaryl/α,β-unsaturated/α-hetero) is 1. The Balaban J connectivity index is 1.87. The van der Waals surface area contributed by atoms with Crippen LogP contribution in [0.4, 0.5) is 0 Å². The average molecular weight is 286 g/mol. The fraction of sp³-hybridized carbons (Fsp3) is 0.688. The summed E-state index contributed by atoms with van der Waals surface area (Å²) in [5, 5.41) is 11.9. The van der Waals surface area contributed by atoms with E-state index in [1.165, 1.54) is 5.57 Å². The fourth-order valence-electron chi connectivity index (χ4n) is 4.52. The van der Waals surface area contributed by atoms with Crippen LogP contribution in [0.15, 0.2) is 32.9 Å². The number of ketones is 1. The Labute approximate surface area is 125 Å². The lowest BCUT2D eigenvalue weighted by Crippen LogP contribution is -2.45. The van der Waals surface area contributed by atoms with Gasteiger partial charge in [-0.05, 0) is 31.8 Å². The largest absolute Gasteiger partial charge is 0.342 e. The summed E-state index contributed by atoms with van der Waals surface area (Å²) < 4.78 is 0. The van der Waals surface area contributed by atoms with E-state index < -0.39 is 0 Å². The summed E-state index contributed by atoms with van der Waals surface area (Å²) in [6.45, 7) is 6.94. The van der Waals surface area contributed by atoms with E-state index in [1.807, 2.05) is 0 Å². The van der Waals surface area contributed by atoms with Crippen molar-refractivity contribution >= 4 is 5.78 Å². The van der Waals surface area contributed by atoms with Gasteiger partial charge in [0.05, 0.1) is 6.54 Å². The molecule has 3 heterocycles. The molecule has 5 nitrogen and oxygen atoms in total. The third-order valence-corrected chi connectivity index (χ3v) is 5.35. The van der Waals surface area contributed by atoms with Gasteiger partial charge in [-0.1, -0.05) is 13.8 Å². The maximum Gasteiger partial charge on any atom is 0.162 e. The number of azo groups is 1. The summed E-state index contributed by atoms with van der Waals surface area (Å²) in [5.41, 5.74) is 3.27. The minimum atomic E-state index is -0.137. The molecule has 0 aromatic carbocycles. The molecule has 0 bridgehead atoms. The van der Waals surface area contributed by atoms with E-state index >= 15 is 0 Å². The molecule has 0 saturated carbocycles.